The number of unbranched alkanes of at least 4 members (excludes halogenated alkanes) is 13. The van der Waals surface area contributed by atoms with Crippen molar-refractivity contribution in [2.45, 2.75) is 115 Å². The van der Waals surface area contributed by atoms with Gasteiger partial charge in [0, 0.05) is 6.42 Å². The van der Waals surface area contributed by atoms with Crippen LogP contribution in [0.3, 0.4) is 0 Å². The Kier molecular flexibility index (Phi) is 21.6. The van der Waals surface area contributed by atoms with Crippen LogP contribution >= 0.6 is 0 Å². The van der Waals surface area contributed by atoms with Crippen molar-refractivity contribution in [2.75, 3.05) is 26.4 Å². The van der Waals surface area contributed by atoms with Gasteiger partial charge in [0.2, 0.25) is 0 Å². The number of aliphatic hydroxyl groups excluding tert-OH is 1. The van der Waals surface area contributed by atoms with Gasteiger partial charge in [0.05, 0.1) is 18.4 Å². The minimum Gasteiger partial charge on any atom is -0.747 e. The van der Waals surface area contributed by atoms with Crippen molar-refractivity contribution in [2.24, 2.45) is 5.41 Å². The standard InChI is InChI=1S/C26H46O10S.K/c1-2-3-4-5-6-7-8-9-10-11-12-13-14-15-16-23(28)34-19-26(18-27)20-35-24(29)17-22(37(31,32)33)25(30)36-21-26;/h22,27H,2-21H2,1H3,(H,31,32,33);/q;+1/p-1. The van der Waals surface area contributed by atoms with E-state index in [9.17, 15) is 32.5 Å². The maximum atomic E-state index is 12.2. The monoisotopic (exact) mass is 588 g/mol. The second kappa shape index (κ2) is 21.6. The third-order valence-electron chi connectivity index (χ3n) is 6.63. The molecule has 0 spiro atoms. The van der Waals surface area contributed by atoms with Crippen LogP contribution in [0.15, 0.2) is 0 Å². The van der Waals surface area contributed by atoms with Gasteiger partial charge in [-0.3, -0.25) is 14.4 Å². The summed E-state index contributed by atoms with van der Waals surface area (Å²) in [6, 6.07) is 0. The first-order valence-electron chi connectivity index (χ1n) is 13.7. The van der Waals surface area contributed by atoms with Crippen LogP contribution in [-0.2, 0) is 38.7 Å². The average molecular weight is 589 g/mol. The Hall–Kier alpha value is -0.0836. The van der Waals surface area contributed by atoms with Crippen molar-refractivity contribution in [1.29, 1.82) is 0 Å². The number of carbonyl (C=O) groups is 3. The number of ether oxygens (including phenoxy) is 3. The Labute approximate surface area is 270 Å². The van der Waals surface area contributed by atoms with Crippen molar-refractivity contribution in [1.82, 2.24) is 0 Å². The van der Waals surface area contributed by atoms with Crippen LogP contribution in [0.1, 0.15) is 110 Å². The van der Waals surface area contributed by atoms with Gasteiger partial charge >= 0.3 is 69.3 Å². The molecule has 1 rings (SSSR count). The molecule has 2 atom stereocenters. The number of hydrogen-bond acceptors (Lipinski definition) is 10. The van der Waals surface area contributed by atoms with Crippen molar-refractivity contribution in [3.63, 3.8) is 0 Å². The van der Waals surface area contributed by atoms with Crippen molar-refractivity contribution >= 4 is 28.0 Å². The third kappa shape index (κ3) is 16.9. The summed E-state index contributed by atoms with van der Waals surface area (Å²) in [4.78, 5) is 36.0. The van der Waals surface area contributed by atoms with E-state index in [1.54, 1.807) is 0 Å². The van der Waals surface area contributed by atoms with E-state index < -0.39 is 71.5 Å². The molecule has 1 saturated heterocycles. The van der Waals surface area contributed by atoms with Crippen LogP contribution in [0.5, 0.6) is 0 Å². The van der Waals surface area contributed by atoms with E-state index in [0.29, 0.717) is 6.42 Å². The Balaban J connectivity index is 0.0000137. The van der Waals surface area contributed by atoms with Gasteiger partial charge in [0.15, 0.2) is 5.25 Å². The van der Waals surface area contributed by atoms with Crippen LogP contribution in [0.4, 0.5) is 0 Å². The first-order chi connectivity index (χ1) is 17.6. The average Bonchev–Trinajstić information content (AvgIpc) is 2.92. The molecule has 1 aliphatic rings. The number of carbonyl (C=O) groups excluding carboxylic acids is 3. The van der Waals surface area contributed by atoms with Gasteiger partial charge in [0.25, 0.3) is 0 Å². The van der Waals surface area contributed by atoms with E-state index in [1.165, 1.54) is 64.2 Å². The normalized spacial score (nSPS) is 20.3. The fourth-order valence-corrected chi connectivity index (χ4v) is 4.74. The molecule has 0 bridgehead atoms. The van der Waals surface area contributed by atoms with Crippen LogP contribution in [0, 0.1) is 5.41 Å². The van der Waals surface area contributed by atoms with Crippen LogP contribution in [0.2, 0.25) is 0 Å². The number of rotatable bonds is 19. The van der Waals surface area contributed by atoms with Crippen LogP contribution in [-0.4, -0.2) is 67.7 Å². The fraction of sp³-hybridized carbons (Fsp3) is 0.885. The zero-order valence-corrected chi connectivity index (χ0v) is 27.2. The summed E-state index contributed by atoms with van der Waals surface area (Å²) < 4.78 is 48.8. The molecule has 0 saturated carbocycles. The summed E-state index contributed by atoms with van der Waals surface area (Å²) in [5.41, 5.74) is -1.45. The SMILES string of the molecule is CCCCCCCCCCCCCCCCC(=O)OCC1(CO)COC(=O)CC(S(=O)(=O)[O-])C(=O)OC1.[K+]. The molecular formula is C26H45KO10S. The van der Waals surface area contributed by atoms with Crippen molar-refractivity contribution in [3.8, 4) is 0 Å². The Bertz CT molecular complexity index is 789. The van der Waals surface area contributed by atoms with Gasteiger partial charge in [-0.1, -0.05) is 90.4 Å². The molecule has 0 aromatic rings. The predicted molar refractivity (Wildman–Crippen MR) is 135 cm³/mol. The number of esters is 3. The first-order valence-corrected chi connectivity index (χ1v) is 15.1. The second-order valence-electron chi connectivity index (χ2n) is 10.1. The van der Waals surface area contributed by atoms with E-state index in [1.807, 2.05) is 0 Å². The minimum atomic E-state index is -5.14. The van der Waals surface area contributed by atoms with Gasteiger partial charge < -0.3 is 23.9 Å². The van der Waals surface area contributed by atoms with Gasteiger partial charge in [-0.2, -0.15) is 0 Å². The molecule has 10 nitrogen and oxygen atoms in total. The quantitative estimate of drug-likeness (QED) is 0.0752. The molecule has 2 unspecified atom stereocenters. The Morgan fingerprint density at radius 3 is 1.87 bits per heavy atom. The topological polar surface area (TPSA) is 156 Å². The molecule has 1 fully saturated rings. The molecule has 12 heteroatoms. The molecule has 216 valence electrons. The second-order valence-corrected chi connectivity index (χ2v) is 11.7. The summed E-state index contributed by atoms with van der Waals surface area (Å²) in [6.07, 6.45) is 16.0. The number of hydrogen-bond donors (Lipinski definition) is 1. The number of aliphatic hydroxyl groups is 1. The van der Waals surface area contributed by atoms with Gasteiger partial charge in [-0.25, -0.2) is 8.42 Å². The summed E-state index contributed by atoms with van der Waals surface area (Å²) in [7, 11) is -5.14. The van der Waals surface area contributed by atoms with E-state index in [-0.39, 0.29) is 57.8 Å². The molecule has 0 radical (unpaired) electrons. The molecule has 1 N–H and O–H groups in total. The van der Waals surface area contributed by atoms with E-state index in [0.717, 1.165) is 19.3 Å². The molecule has 1 aliphatic heterocycles. The summed E-state index contributed by atoms with van der Waals surface area (Å²) in [5, 5.41) is 7.59. The van der Waals surface area contributed by atoms with Crippen molar-refractivity contribution in [3.05, 3.63) is 0 Å². The predicted octanol–water partition coefficient (Wildman–Crippen LogP) is 0.788. The maximum absolute atomic E-state index is 12.2. The minimum absolute atomic E-state index is 0. The van der Waals surface area contributed by atoms with Crippen LogP contribution < -0.4 is 51.4 Å². The molecule has 0 aromatic carbocycles. The summed E-state index contributed by atoms with van der Waals surface area (Å²) in [6.45, 7) is 0.140. The zero-order chi connectivity index (χ0) is 27.6. The van der Waals surface area contributed by atoms with E-state index >= 15 is 0 Å². The maximum Gasteiger partial charge on any atom is 1.00 e. The Morgan fingerprint density at radius 1 is 0.921 bits per heavy atom. The molecule has 0 amide bonds. The van der Waals surface area contributed by atoms with Gasteiger partial charge in [-0.15, -0.1) is 0 Å². The smallest absolute Gasteiger partial charge is 0.747 e. The fourth-order valence-electron chi connectivity index (χ4n) is 4.10. The third-order valence-corrected chi connectivity index (χ3v) is 7.69. The van der Waals surface area contributed by atoms with Crippen LogP contribution in [0.25, 0.3) is 0 Å². The molecular weight excluding hydrogens is 543 g/mol. The number of cyclic esters (lactones) is 2. The molecule has 38 heavy (non-hydrogen) atoms. The molecule has 0 aliphatic carbocycles. The molecule has 0 aromatic heterocycles. The van der Waals surface area contributed by atoms with Gasteiger partial charge in [0.1, 0.15) is 29.9 Å². The first kappa shape index (κ1) is 37.9. The zero-order valence-electron chi connectivity index (χ0n) is 23.2. The molecule has 1 heterocycles. The Morgan fingerprint density at radius 2 is 1.39 bits per heavy atom. The van der Waals surface area contributed by atoms with Crippen molar-refractivity contribution < 1.29 is 98.1 Å². The summed E-state index contributed by atoms with van der Waals surface area (Å²) in [5.74, 6) is -3.00. The largest absolute Gasteiger partial charge is 1.00 e. The van der Waals surface area contributed by atoms with E-state index in [2.05, 4.69) is 6.92 Å². The van der Waals surface area contributed by atoms with Gasteiger partial charge in [-0.05, 0) is 6.42 Å². The van der Waals surface area contributed by atoms with E-state index in [4.69, 9.17) is 14.2 Å². The summed E-state index contributed by atoms with van der Waals surface area (Å²) >= 11 is 0.